The summed E-state index contributed by atoms with van der Waals surface area (Å²) in [7, 11) is 0. The minimum atomic E-state index is 0.610. The molecule has 1 rings (SSSR count). The van der Waals surface area contributed by atoms with Crippen molar-refractivity contribution in [3.8, 4) is 0 Å². The number of piperidine rings is 1. The monoisotopic (exact) mass is 242 g/mol. The van der Waals surface area contributed by atoms with Crippen molar-refractivity contribution < 1.29 is 4.74 Å². The molecule has 0 aromatic carbocycles. The van der Waals surface area contributed by atoms with Gasteiger partial charge in [-0.3, -0.25) is 0 Å². The Hall–Kier alpha value is -0.120. The quantitative estimate of drug-likeness (QED) is 0.660. The van der Waals surface area contributed by atoms with Crippen molar-refractivity contribution >= 4 is 0 Å². The van der Waals surface area contributed by atoms with Gasteiger partial charge in [0.2, 0.25) is 0 Å². The maximum atomic E-state index is 5.56. The van der Waals surface area contributed by atoms with Gasteiger partial charge < -0.3 is 15.0 Å². The Morgan fingerprint density at radius 3 is 2.88 bits per heavy atom. The van der Waals surface area contributed by atoms with Gasteiger partial charge in [-0.1, -0.05) is 20.8 Å². The van der Waals surface area contributed by atoms with Crippen molar-refractivity contribution in [1.82, 2.24) is 10.2 Å². The van der Waals surface area contributed by atoms with Gasteiger partial charge in [0, 0.05) is 25.7 Å². The Kier molecular flexibility index (Phi) is 7.82. The van der Waals surface area contributed by atoms with E-state index in [2.05, 4.69) is 31.0 Å². The molecule has 1 atom stereocenters. The standard InChI is InChI=1S/C14H30N2O/c1-4-9-17-10-8-16-7-5-6-14(12-16)11-15-13(2)3/h13-15H,4-12H2,1-3H3. The number of hydrogen-bond donors (Lipinski definition) is 1. The molecule has 1 N–H and O–H groups in total. The fourth-order valence-electron chi connectivity index (χ4n) is 2.36. The molecular formula is C14H30N2O. The summed E-state index contributed by atoms with van der Waals surface area (Å²) in [4.78, 5) is 2.56. The predicted octanol–water partition coefficient (Wildman–Crippen LogP) is 2.12. The normalized spacial score (nSPS) is 22.2. The van der Waals surface area contributed by atoms with Crippen LogP contribution in [0.3, 0.4) is 0 Å². The summed E-state index contributed by atoms with van der Waals surface area (Å²) in [5.41, 5.74) is 0. The molecule has 17 heavy (non-hydrogen) atoms. The highest BCUT2D eigenvalue weighted by Gasteiger charge is 2.19. The first kappa shape index (κ1) is 14.9. The van der Waals surface area contributed by atoms with Crippen LogP contribution in [0.2, 0.25) is 0 Å². The molecule has 3 nitrogen and oxygen atoms in total. The van der Waals surface area contributed by atoms with Gasteiger partial charge in [0.05, 0.1) is 6.61 Å². The Morgan fingerprint density at radius 2 is 2.18 bits per heavy atom. The van der Waals surface area contributed by atoms with Crippen LogP contribution < -0.4 is 5.32 Å². The lowest BCUT2D eigenvalue weighted by atomic mass is 9.98. The zero-order chi connectivity index (χ0) is 12.5. The summed E-state index contributed by atoms with van der Waals surface area (Å²) in [5, 5.41) is 3.55. The van der Waals surface area contributed by atoms with Gasteiger partial charge in [-0.15, -0.1) is 0 Å². The molecule has 0 aromatic rings. The summed E-state index contributed by atoms with van der Waals surface area (Å²) < 4.78 is 5.56. The number of rotatable bonds is 8. The average Bonchev–Trinajstić information content (AvgIpc) is 2.33. The summed E-state index contributed by atoms with van der Waals surface area (Å²) in [5.74, 6) is 0.831. The lowest BCUT2D eigenvalue weighted by Crippen LogP contribution is -2.42. The number of likely N-dealkylation sites (tertiary alicyclic amines) is 1. The van der Waals surface area contributed by atoms with E-state index in [9.17, 15) is 0 Å². The SMILES string of the molecule is CCCOCCN1CCCC(CNC(C)C)C1. The lowest BCUT2D eigenvalue weighted by molar-refractivity contribution is 0.0847. The summed E-state index contributed by atoms with van der Waals surface area (Å²) in [6.07, 6.45) is 3.85. The molecule has 1 aliphatic rings. The molecule has 0 aromatic heterocycles. The molecule has 0 saturated carbocycles. The third-order valence-corrected chi connectivity index (χ3v) is 3.32. The largest absolute Gasteiger partial charge is 0.380 e. The van der Waals surface area contributed by atoms with Crippen molar-refractivity contribution in [2.75, 3.05) is 39.4 Å². The van der Waals surface area contributed by atoms with E-state index in [1.807, 2.05) is 0 Å². The number of ether oxygens (including phenoxy) is 1. The van der Waals surface area contributed by atoms with E-state index >= 15 is 0 Å². The van der Waals surface area contributed by atoms with Crippen LogP contribution in [-0.2, 0) is 4.74 Å². The van der Waals surface area contributed by atoms with Gasteiger partial charge in [0.1, 0.15) is 0 Å². The van der Waals surface area contributed by atoms with Gasteiger partial charge in [-0.05, 0) is 38.3 Å². The molecule has 102 valence electrons. The van der Waals surface area contributed by atoms with E-state index in [0.717, 1.165) is 32.1 Å². The predicted molar refractivity (Wildman–Crippen MR) is 73.4 cm³/mol. The topological polar surface area (TPSA) is 24.5 Å². The molecule has 1 heterocycles. The van der Waals surface area contributed by atoms with Gasteiger partial charge in [0.25, 0.3) is 0 Å². The first-order valence-electron chi connectivity index (χ1n) is 7.25. The van der Waals surface area contributed by atoms with Crippen molar-refractivity contribution in [2.24, 2.45) is 5.92 Å². The second-order valence-corrected chi connectivity index (χ2v) is 5.48. The molecule has 0 radical (unpaired) electrons. The average molecular weight is 242 g/mol. The molecule has 1 unspecified atom stereocenters. The van der Waals surface area contributed by atoms with E-state index in [-0.39, 0.29) is 0 Å². The molecule has 0 bridgehead atoms. The second kappa shape index (κ2) is 8.90. The summed E-state index contributed by atoms with van der Waals surface area (Å²) in [6.45, 7) is 13.2. The van der Waals surface area contributed by atoms with Crippen LogP contribution in [-0.4, -0.2) is 50.3 Å². The van der Waals surface area contributed by atoms with E-state index in [1.54, 1.807) is 0 Å². The summed E-state index contributed by atoms with van der Waals surface area (Å²) in [6, 6.07) is 0.610. The third kappa shape index (κ3) is 7.02. The van der Waals surface area contributed by atoms with E-state index < -0.39 is 0 Å². The number of nitrogens with one attached hydrogen (secondary N) is 1. The Balaban J connectivity index is 2.10. The highest BCUT2D eigenvalue weighted by atomic mass is 16.5. The highest BCUT2D eigenvalue weighted by Crippen LogP contribution is 2.15. The highest BCUT2D eigenvalue weighted by molar-refractivity contribution is 4.75. The van der Waals surface area contributed by atoms with Gasteiger partial charge in [-0.2, -0.15) is 0 Å². The molecule has 0 spiro atoms. The minimum Gasteiger partial charge on any atom is -0.380 e. The van der Waals surface area contributed by atoms with Crippen LogP contribution in [0.1, 0.15) is 40.0 Å². The van der Waals surface area contributed by atoms with Gasteiger partial charge in [-0.25, -0.2) is 0 Å². The number of hydrogen-bond acceptors (Lipinski definition) is 3. The first-order chi connectivity index (χ1) is 8.22. The van der Waals surface area contributed by atoms with Crippen molar-refractivity contribution in [2.45, 2.75) is 46.1 Å². The lowest BCUT2D eigenvalue weighted by Gasteiger charge is -2.33. The minimum absolute atomic E-state index is 0.610. The van der Waals surface area contributed by atoms with Gasteiger partial charge in [0.15, 0.2) is 0 Å². The summed E-state index contributed by atoms with van der Waals surface area (Å²) >= 11 is 0. The molecule has 3 heteroatoms. The number of nitrogens with zero attached hydrogens (tertiary/aromatic N) is 1. The van der Waals surface area contributed by atoms with Crippen LogP contribution in [0.25, 0.3) is 0 Å². The van der Waals surface area contributed by atoms with Crippen molar-refractivity contribution in [3.63, 3.8) is 0 Å². The van der Waals surface area contributed by atoms with Crippen LogP contribution in [0.5, 0.6) is 0 Å². The van der Waals surface area contributed by atoms with Crippen LogP contribution >= 0.6 is 0 Å². The maximum absolute atomic E-state index is 5.56. The molecule has 1 aliphatic heterocycles. The fraction of sp³-hybridized carbons (Fsp3) is 1.00. The third-order valence-electron chi connectivity index (χ3n) is 3.32. The van der Waals surface area contributed by atoms with Crippen molar-refractivity contribution in [1.29, 1.82) is 0 Å². The van der Waals surface area contributed by atoms with Crippen LogP contribution in [0, 0.1) is 5.92 Å². The second-order valence-electron chi connectivity index (χ2n) is 5.48. The zero-order valence-corrected chi connectivity index (χ0v) is 11.9. The Morgan fingerprint density at radius 1 is 1.35 bits per heavy atom. The maximum Gasteiger partial charge on any atom is 0.0593 e. The van der Waals surface area contributed by atoms with Crippen LogP contribution in [0.15, 0.2) is 0 Å². The smallest absolute Gasteiger partial charge is 0.0593 e. The Bertz CT molecular complexity index is 185. The molecular weight excluding hydrogens is 212 g/mol. The van der Waals surface area contributed by atoms with Gasteiger partial charge >= 0.3 is 0 Å². The fourth-order valence-corrected chi connectivity index (χ4v) is 2.36. The molecule has 1 saturated heterocycles. The molecule has 0 aliphatic carbocycles. The first-order valence-corrected chi connectivity index (χ1v) is 7.25. The molecule has 0 amide bonds. The van der Waals surface area contributed by atoms with Crippen molar-refractivity contribution in [3.05, 3.63) is 0 Å². The molecule has 1 fully saturated rings. The van der Waals surface area contributed by atoms with E-state index in [1.165, 1.54) is 32.5 Å². The zero-order valence-electron chi connectivity index (χ0n) is 11.9. The van der Waals surface area contributed by atoms with Crippen LogP contribution in [0.4, 0.5) is 0 Å². The Labute approximate surface area is 107 Å². The van der Waals surface area contributed by atoms with E-state index in [0.29, 0.717) is 6.04 Å². The van der Waals surface area contributed by atoms with E-state index in [4.69, 9.17) is 4.74 Å².